The van der Waals surface area contributed by atoms with Gasteiger partial charge in [0.05, 0.1) is 7.11 Å². The van der Waals surface area contributed by atoms with Gasteiger partial charge in [-0.1, -0.05) is 26.7 Å². The van der Waals surface area contributed by atoms with Crippen LogP contribution in [-0.4, -0.2) is 36.6 Å². The van der Waals surface area contributed by atoms with Gasteiger partial charge in [0.1, 0.15) is 6.04 Å². The number of rotatable bonds is 6. The minimum absolute atomic E-state index is 0.00921. The largest absolute Gasteiger partial charge is 0.468 e. The van der Waals surface area contributed by atoms with E-state index in [2.05, 4.69) is 18.7 Å². The molecule has 0 heterocycles. The first-order valence-electron chi connectivity index (χ1n) is 7.47. The van der Waals surface area contributed by atoms with Crippen molar-refractivity contribution in [2.75, 3.05) is 13.7 Å². The molecule has 104 valence electrons. The molecule has 0 aromatic rings. The maximum atomic E-state index is 12.1. The normalized spacial score (nSPS) is 22.7. The molecular formula is C15H27NO2. The molecule has 0 aromatic carbocycles. The van der Waals surface area contributed by atoms with Crippen LogP contribution in [0.25, 0.3) is 0 Å². The van der Waals surface area contributed by atoms with Crippen LogP contribution in [0.1, 0.15) is 52.4 Å². The van der Waals surface area contributed by atoms with Crippen LogP contribution < -0.4 is 0 Å². The summed E-state index contributed by atoms with van der Waals surface area (Å²) in [5.74, 6) is 1.15. The Bertz CT molecular complexity index is 280. The molecule has 0 amide bonds. The molecule has 1 atom stereocenters. The van der Waals surface area contributed by atoms with Crippen molar-refractivity contribution < 1.29 is 9.53 Å². The molecule has 0 aliphatic heterocycles. The topological polar surface area (TPSA) is 29.5 Å². The Morgan fingerprint density at radius 2 is 1.83 bits per heavy atom. The first-order valence-corrected chi connectivity index (χ1v) is 7.47. The highest BCUT2D eigenvalue weighted by Crippen LogP contribution is 2.39. The van der Waals surface area contributed by atoms with E-state index in [1.807, 2.05) is 0 Å². The summed E-state index contributed by atoms with van der Waals surface area (Å²) in [5.41, 5.74) is 0. The van der Waals surface area contributed by atoms with Gasteiger partial charge < -0.3 is 4.74 Å². The maximum absolute atomic E-state index is 12.1. The van der Waals surface area contributed by atoms with Crippen molar-refractivity contribution in [1.82, 2.24) is 4.90 Å². The van der Waals surface area contributed by atoms with Crippen molar-refractivity contribution in [3.05, 3.63) is 0 Å². The van der Waals surface area contributed by atoms with Gasteiger partial charge >= 0.3 is 5.97 Å². The van der Waals surface area contributed by atoms with Gasteiger partial charge in [-0.2, -0.15) is 0 Å². The molecule has 0 aromatic heterocycles. The number of methoxy groups -OCH3 is 1. The summed E-state index contributed by atoms with van der Waals surface area (Å²) in [4.78, 5) is 14.6. The Kier molecular flexibility index (Phi) is 4.66. The third-order valence-electron chi connectivity index (χ3n) is 4.24. The second-order valence-corrected chi connectivity index (χ2v) is 6.33. The van der Waals surface area contributed by atoms with Gasteiger partial charge in [-0.05, 0) is 37.5 Å². The molecule has 1 unspecified atom stereocenters. The highest BCUT2D eigenvalue weighted by atomic mass is 16.5. The Morgan fingerprint density at radius 1 is 1.22 bits per heavy atom. The molecule has 2 rings (SSSR count). The van der Waals surface area contributed by atoms with E-state index in [1.165, 1.54) is 45.6 Å². The zero-order valence-corrected chi connectivity index (χ0v) is 12.0. The van der Waals surface area contributed by atoms with Crippen molar-refractivity contribution in [3.8, 4) is 0 Å². The fourth-order valence-electron chi connectivity index (χ4n) is 3.28. The van der Waals surface area contributed by atoms with Gasteiger partial charge in [0.2, 0.25) is 0 Å². The van der Waals surface area contributed by atoms with E-state index in [1.54, 1.807) is 0 Å². The fourth-order valence-corrected chi connectivity index (χ4v) is 3.28. The van der Waals surface area contributed by atoms with Crippen LogP contribution in [0.2, 0.25) is 0 Å². The highest BCUT2D eigenvalue weighted by molar-refractivity contribution is 5.76. The van der Waals surface area contributed by atoms with Crippen LogP contribution in [-0.2, 0) is 9.53 Å². The molecule has 0 N–H and O–H groups in total. The third-order valence-corrected chi connectivity index (χ3v) is 4.24. The lowest BCUT2D eigenvalue weighted by atomic mass is 10.0. The van der Waals surface area contributed by atoms with Gasteiger partial charge in [0.25, 0.3) is 0 Å². The highest BCUT2D eigenvalue weighted by Gasteiger charge is 2.43. The first kappa shape index (κ1) is 13.9. The summed E-state index contributed by atoms with van der Waals surface area (Å²) in [6.45, 7) is 5.51. The molecule has 3 heteroatoms. The van der Waals surface area contributed by atoms with E-state index in [9.17, 15) is 4.79 Å². The predicted octanol–water partition coefficient (Wildman–Crippen LogP) is 2.84. The van der Waals surface area contributed by atoms with Crippen LogP contribution in [0.15, 0.2) is 0 Å². The quantitative estimate of drug-likeness (QED) is 0.682. The molecule has 0 radical (unpaired) electrons. The first-order chi connectivity index (χ1) is 8.63. The zero-order valence-electron chi connectivity index (χ0n) is 12.0. The summed E-state index contributed by atoms with van der Waals surface area (Å²) in [7, 11) is 1.53. The van der Waals surface area contributed by atoms with Crippen molar-refractivity contribution in [3.63, 3.8) is 0 Å². The van der Waals surface area contributed by atoms with Crippen LogP contribution in [0, 0.1) is 11.8 Å². The van der Waals surface area contributed by atoms with E-state index < -0.39 is 0 Å². The molecule has 0 saturated heterocycles. The van der Waals surface area contributed by atoms with Crippen molar-refractivity contribution in [2.24, 2.45) is 11.8 Å². The molecule has 0 spiro atoms. The summed E-state index contributed by atoms with van der Waals surface area (Å²) < 4.78 is 5.06. The van der Waals surface area contributed by atoms with Crippen LogP contribution in [0.5, 0.6) is 0 Å². The monoisotopic (exact) mass is 253 g/mol. The lowest BCUT2D eigenvalue weighted by Crippen LogP contribution is -2.49. The Hall–Kier alpha value is -0.570. The Morgan fingerprint density at radius 3 is 2.28 bits per heavy atom. The number of hydrogen-bond acceptors (Lipinski definition) is 3. The Balaban J connectivity index is 2.10. The minimum atomic E-state index is -0.00921. The lowest BCUT2D eigenvalue weighted by Gasteiger charge is -2.36. The molecule has 18 heavy (non-hydrogen) atoms. The number of nitrogens with zero attached hydrogens (tertiary/aromatic N) is 1. The SMILES string of the molecule is COC(=O)C(C1CC1)N(CC(C)C)C1CCCC1. The molecular weight excluding hydrogens is 226 g/mol. The predicted molar refractivity (Wildman–Crippen MR) is 72.3 cm³/mol. The lowest BCUT2D eigenvalue weighted by molar-refractivity contribution is -0.149. The van der Waals surface area contributed by atoms with Gasteiger partial charge in [0, 0.05) is 12.6 Å². The maximum Gasteiger partial charge on any atom is 0.323 e. The summed E-state index contributed by atoms with van der Waals surface area (Å²) in [6.07, 6.45) is 7.54. The second-order valence-electron chi connectivity index (χ2n) is 6.33. The third kappa shape index (κ3) is 3.25. The van der Waals surface area contributed by atoms with E-state index in [0.29, 0.717) is 17.9 Å². The summed E-state index contributed by atoms with van der Waals surface area (Å²) in [5, 5.41) is 0. The summed E-state index contributed by atoms with van der Waals surface area (Å²) >= 11 is 0. The van der Waals surface area contributed by atoms with Gasteiger partial charge in [-0.25, -0.2) is 0 Å². The zero-order chi connectivity index (χ0) is 13.1. The van der Waals surface area contributed by atoms with Gasteiger partial charge in [0.15, 0.2) is 0 Å². The fraction of sp³-hybridized carbons (Fsp3) is 0.933. The molecule has 2 saturated carbocycles. The van der Waals surface area contributed by atoms with Crippen molar-refractivity contribution >= 4 is 5.97 Å². The van der Waals surface area contributed by atoms with Crippen LogP contribution in [0.3, 0.4) is 0 Å². The number of esters is 1. The number of ether oxygens (including phenoxy) is 1. The summed E-state index contributed by atoms with van der Waals surface area (Å²) in [6, 6.07) is 0.637. The van der Waals surface area contributed by atoms with Gasteiger partial charge in [-0.15, -0.1) is 0 Å². The van der Waals surface area contributed by atoms with E-state index in [0.717, 1.165) is 6.54 Å². The molecule has 2 aliphatic rings. The average molecular weight is 253 g/mol. The Labute approximate surface area is 111 Å². The van der Waals surface area contributed by atoms with E-state index >= 15 is 0 Å². The van der Waals surface area contributed by atoms with E-state index in [4.69, 9.17) is 4.74 Å². The standard InChI is InChI=1S/C15H27NO2/c1-11(2)10-16(13-6-4-5-7-13)14(12-8-9-12)15(17)18-3/h11-14H,4-10H2,1-3H3. The van der Waals surface area contributed by atoms with Crippen molar-refractivity contribution in [1.29, 1.82) is 0 Å². The smallest absolute Gasteiger partial charge is 0.323 e. The number of carbonyl (C=O) groups excluding carboxylic acids is 1. The molecule has 2 fully saturated rings. The minimum Gasteiger partial charge on any atom is -0.468 e. The van der Waals surface area contributed by atoms with Crippen LogP contribution in [0.4, 0.5) is 0 Å². The number of carbonyl (C=O) groups is 1. The van der Waals surface area contributed by atoms with Crippen molar-refractivity contribution in [2.45, 2.75) is 64.5 Å². The van der Waals surface area contributed by atoms with E-state index in [-0.39, 0.29) is 12.0 Å². The molecule has 0 bridgehead atoms. The molecule has 2 aliphatic carbocycles. The molecule has 3 nitrogen and oxygen atoms in total. The average Bonchev–Trinajstić information content (AvgIpc) is 3.01. The number of hydrogen-bond donors (Lipinski definition) is 0. The van der Waals surface area contributed by atoms with Crippen LogP contribution >= 0.6 is 0 Å². The second kappa shape index (κ2) is 6.05. The van der Waals surface area contributed by atoms with Gasteiger partial charge in [-0.3, -0.25) is 9.69 Å².